The smallest absolute Gasteiger partial charge is 0.250 e. The zero-order valence-electron chi connectivity index (χ0n) is 19.5. The minimum atomic E-state index is -0.392. The third-order valence-corrected chi connectivity index (χ3v) is 6.71. The van der Waals surface area contributed by atoms with Crippen LogP contribution in [0.2, 0.25) is 0 Å². The molecule has 1 aromatic heterocycles. The van der Waals surface area contributed by atoms with Gasteiger partial charge in [-0.15, -0.1) is 10.2 Å². The van der Waals surface area contributed by atoms with E-state index in [1.54, 1.807) is 36.4 Å². The molecular weight excluding hydrogens is 508 g/mol. The largest absolute Gasteiger partial charge is 0.493 e. The molecule has 0 bridgehead atoms. The lowest BCUT2D eigenvalue weighted by atomic mass is 10.1. The van der Waals surface area contributed by atoms with Crippen LogP contribution >= 0.6 is 23.1 Å². The number of carbonyl (C=O) groups excluding carboxylic acids is 2. The van der Waals surface area contributed by atoms with E-state index in [1.165, 1.54) is 50.5 Å². The number of anilines is 2. The summed E-state index contributed by atoms with van der Waals surface area (Å²) in [4.78, 5) is 24.6. The summed E-state index contributed by atoms with van der Waals surface area (Å²) in [6.45, 7) is 0.166. The van der Waals surface area contributed by atoms with Crippen LogP contribution in [0.5, 0.6) is 28.7 Å². The van der Waals surface area contributed by atoms with Gasteiger partial charge in [-0.05, 0) is 35.9 Å². The minimum absolute atomic E-state index is 0.123. The van der Waals surface area contributed by atoms with E-state index in [4.69, 9.17) is 23.7 Å². The van der Waals surface area contributed by atoms with Gasteiger partial charge in [0.2, 0.25) is 29.5 Å². The molecule has 0 unspecified atom stereocenters. The maximum absolute atomic E-state index is 12.3. The van der Waals surface area contributed by atoms with E-state index in [0.717, 1.165) is 0 Å². The van der Waals surface area contributed by atoms with Gasteiger partial charge in [0.1, 0.15) is 0 Å². The number of benzene rings is 2. The fourth-order valence-electron chi connectivity index (χ4n) is 3.13. The molecule has 0 atom stereocenters. The van der Waals surface area contributed by atoms with Crippen molar-refractivity contribution in [2.75, 3.05) is 44.5 Å². The number of thioether (sulfide) groups is 1. The lowest BCUT2D eigenvalue weighted by Crippen LogP contribution is -2.13. The normalized spacial score (nSPS) is 11.9. The van der Waals surface area contributed by atoms with E-state index >= 15 is 0 Å². The summed E-state index contributed by atoms with van der Waals surface area (Å²) in [6, 6.07) is 8.62. The number of fused-ring (bicyclic) bond motifs is 1. The van der Waals surface area contributed by atoms with Crippen LogP contribution in [0.3, 0.4) is 0 Å². The molecule has 0 saturated carbocycles. The van der Waals surface area contributed by atoms with Crippen molar-refractivity contribution >= 4 is 51.8 Å². The van der Waals surface area contributed by atoms with Crippen LogP contribution in [0.1, 0.15) is 5.56 Å². The summed E-state index contributed by atoms with van der Waals surface area (Å²) in [7, 11) is 4.55. The topological polar surface area (TPSA) is 130 Å². The standard InChI is InChI=1S/C23H22N4O7S2/c1-30-17-8-13(9-18(31-2)21(17)32-3)4-7-19(28)25-22-26-27-23(36-22)35-11-20(29)24-14-5-6-15-16(10-14)34-12-33-15/h4-10H,11-12H2,1-3H3,(H,24,29)(H,25,26,28)/b7-4+. The molecule has 36 heavy (non-hydrogen) atoms. The fraction of sp³-hybridized carbons (Fsp3) is 0.217. The van der Waals surface area contributed by atoms with Crippen molar-refractivity contribution in [2.24, 2.45) is 0 Å². The van der Waals surface area contributed by atoms with E-state index < -0.39 is 5.91 Å². The lowest BCUT2D eigenvalue weighted by molar-refractivity contribution is -0.114. The van der Waals surface area contributed by atoms with E-state index in [0.29, 0.717) is 49.5 Å². The molecule has 1 aliphatic heterocycles. The summed E-state index contributed by atoms with van der Waals surface area (Å²) in [5, 5.41) is 13.7. The fourth-order valence-corrected chi connectivity index (χ4v) is 4.69. The summed E-state index contributed by atoms with van der Waals surface area (Å²) in [6.07, 6.45) is 2.96. The molecule has 2 N–H and O–H groups in total. The van der Waals surface area contributed by atoms with Crippen LogP contribution in [0.15, 0.2) is 40.7 Å². The molecule has 3 aromatic rings. The number of hydrogen-bond donors (Lipinski definition) is 2. The molecule has 13 heteroatoms. The van der Waals surface area contributed by atoms with Crippen molar-refractivity contribution < 1.29 is 33.3 Å². The predicted molar refractivity (Wildman–Crippen MR) is 136 cm³/mol. The van der Waals surface area contributed by atoms with Crippen molar-refractivity contribution in [3.8, 4) is 28.7 Å². The lowest BCUT2D eigenvalue weighted by Gasteiger charge is -2.12. The van der Waals surface area contributed by atoms with Crippen molar-refractivity contribution in [3.05, 3.63) is 42.0 Å². The number of ether oxygens (including phenoxy) is 5. The highest BCUT2D eigenvalue weighted by atomic mass is 32.2. The third kappa shape index (κ3) is 6.17. The number of hydrogen-bond acceptors (Lipinski definition) is 11. The van der Waals surface area contributed by atoms with Crippen LogP contribution in [-0.4, -0.2) is 55.9 Å². The van der Waals surface area contributed by atoms with Crippen LogP contribution in [0, 0.1) is 0 Å². The highest BCUT2D eigenvalue weighted by Gasteiger charge is 2.15. The maximum Gasteiger partial charge on any atom is 0.250 e. The second-order valence-corrected chi connectivity index (χ2v) is 9.26. The second kappa shape index (κ2) is 11.6. The zero-order chi connectivity index (χ0) is 25.5. The van der Waals surface area contributed by atoms with Gasteiger partial charge >= 0.3 is 0 Å². The Kier molecular flexibility index (Phi) is 8.13. The number of methoxy groups -OCH3 is 3. The quantitative estimate of drug-likeness (QED) is 0.227. The Bertz CT molecular complexity index is 1270. The van der Waals surface area contributed by atoms with Crippen LogP contribution in [0.25, 0.3) is 6.08 Å². The first kappa shape index (κ1) is 25.1. The Labute approximate surface area is 214 Å². The predicted octanol–water partition coefficient (Wildman–Crippen LogP) is 3.68. The molecule has 2 aromatic carbocycles. The third-order valence-electron chi connectivity index (χ3n) is 4.73. The zero-order valence-corrected chi connectivity index (χ0v) is 21.2. The van der Waals surface area contributed by atoms with Crippen molar-refractivity contribution in [3.63, 3.8) is 0 Å². The molecule has 0 saturated heterocycles. The molecule has 0 aliphatic carbocycles. The molecule has 0 fully saturated rings. The highest BCUT2D eigenvalue weighted by Crippen LogP contribution is 2.38. The molecule has 1 aliphatic rings. The second-order valence-electron chi connectivity index (χ2n) is 7.06. The number of aromatic nitrogens is 2. The van der Waals surface area contributed by atoms with Gasteiger partial charge < -0.3 is 29.0 Å². The van der Waals surface area contributed by atoms with E-state index in [9.17, 15) is 9.59 Å². The van der Waals surface area contributed by atoms with Gasteiger partial charge in [0.05, 0.1) is 27.1 Å². The number of amides is 2. The molecule has 4 rings (SSSR count). The van der Waals surface area contributed by atoms with Crippen LogP contribution in [-0.2, 0) is 9.59 Å². The maximum atomic E-state index is 12.3. The van der Waals surface area contributed by atoms with Gasteiger partial charge in [-0.2, -0.15) is 0 Å². The van der Waals surface area contributed by atoms with Gasteiger partial charge in [-0.3, -0.25) is 14.9 Å². The Hall–Kier alpha value is -3.97. The van der Waals surface area contributed by atoms with Crippen molar-refractivity contribution in [1.29, 1.82) is 0 Å². The molecule has 2 amide bonds. The molecule has 2 heterocycles. The van der Waals surface area contributed by atoms with Gasteiger partial charge in [0, 0.05) is 17.8 Å². The number of rotatable bonds is 10. The molecule has 188 valence electrons. The Morgan fingerprint density at radius 2 is 1.78 bits per heavy atom. The monoisotopic (exact) mass is 530 g/mol. The van der Waals surface area contributed by atoms with E-state index in [-0.39, 0.29) is 18.5 Å². The number of nitrogens with one attached hydrogen (secondary N) is 2. The van der Waals surface area contributed by atoms with Gasteiger partial charge in [0.15, 0.2) is 27.3 Å². The van der Waals surface area contributed by atoms with Crippen molar-refractivity contribution in [1.82, 2.24) is 10.2 Å². The molecular formula is C23H22N4O7S2. The van der Waals surface area contributed by atoms with Crippen LogP contribution < -0.4 is 34.3 Å². The number of carbonyl (C=O) groups is 2. The van der Waals surface area contributed by atoms with E-state index in [1.807, 2.05) is 0 Å². The Morgan fingerprint density at radius 3 is 2.50 bits per heavy atom. The summed E-state index contributed by atoms with van der Waals surface area (Å²) >= 11 is 2.38. The Morgan fingerprint density at radius 1 is 1.03 bits per heavy atom. The van der Waals surface area contributed by atoms with Gasteiger partial charge in [-0.1, -0.05) is 23.1 Å². The van der Waals surface area contributed by atoms with Gasteiger partial charge in [0.25, 0.3) is 0 Å². The molecule has 0 radical (unpaired) electrons. The summed E-state index contributed by atoms with van der Waals surface area (Å²) < 4.78 is 27.0. The summed E-state index contributed by atoms with van der Waals surface area (Å²) in [5.41, 5.74) is 1.29. The SMILES string of the molecule is COc1cc(/C=C/C(=O)Nc2nnc(SCC(=O)Nc3ccc4c(c3)OCO4)s2)cc(OC)c1OC. The van der Waals surface area contributed by atoms with Gasteiger partial charge in [-0.25, -0.2) is 0 Å². The van der Waals surface area contributed by atoms with Crippen molar-refractivity contribution in [2.45, 2.75) is 4.34 Å². The molecule has 0 spiro atoms. The Balaban J connectivity index is 1.28. The van der Waals surface area contributed by atoms with Crippen LogP contribution in [0.4, 0.5) is 10.8 Å². The average molecular weight is 531 g/mol. The minimum Gasteiger partial charge on any atom is -0.493 e. The molecule has 11 nitrogen and oxygen atoms in total. The first-order valence-corrected chi connectivity index (χ1v) is 12.2. The first-order chi connectivity index (χ1) is 17.5. The number of nitrogens with zero attached hydrogens (tertiary/aromatic N) is 2. The summed E-state index contributed by atoms with van der Waals surface area (Å²) in [5.74, 6) is 2.16. The average Bonchev–Trinajstić information content (AvgIpc) is 3.54. The van der Waals surface area contributed by atoms with E-state index in [2.05, 4.69) is 20.8 Å². The highest BCUT2D eigenvalue weighted by molar-refractivity contribution is 8.01. The first-order valence-electron chi connectivity index (χ1n) is 10.4.